The largest absolute Gasteiger partial charge is 0.475 e. The molecule has 1 aliphatic rings. The molecule has 1 atom stereocenters. The number of fused-ring (bicyclic) bond motifs is 1. The highest BCUT2D eigenvalue weighted by Crippen LogP contribution is 2.29. The number of halogens is 1. The van der Waals surface area contributed by atoms with E-state index in [2.05, 4.69) is 5.32 Å². The van der Waals surface area contributed by atoms with Crippen LogP contribution in [0.25, 0.3) is 0 Å². The fourth-order valence-electron chi connectivity index (χ4n) is 1.51. The van der Waals surface area contributed by atoms with Crippen LogP contribution in [0.1, 0.15) is 6.92 Å². The number of esters is 1. The van der Waals surface area contributed by atoms with Crippen LogP contribution in [0.4, 0.5) is 10.1 Å². The van der Waals surface area contributed by atoms with Crippen LogP contribution in [0.2, 0.25) is 0 Å². The maximum absolute atomic E-state index is 12.9. The molecule has 0 bridgehead atoms. The van der Waals surface area contributed by atoms with Gasteiger partial charge in [0.15, 0.2) is 0 Å². The molecule has 0 saturated heterocycles. The molecule has 0 saturated carbocycles. The first-order valence-electron chi connectivity index (χ1n) is 5.07. The third-order valence-electron chi connectivity index (χ3n) is 2.24. The smallest absolute Gasteiger partial charge is 0.349 e. The summed E-state index contributed by atoms with van der Waals surface area (Å²) in [6.45, 7) is 2.34. The van der Waals surface area contributed by atoms with Crippen molar-refractivity contribution in [2.24, 2.45) is 0 Å². The molecule has 16 heavy (non-hydrogen) atoms. The van der Waals surface area contributed by atoms with Gasteiger partial charge in [-0.2, -0.15) is 0 Å². The number of hydrogen-bond acceptors (Lipinski definition) is 4. The minimum atomic E-state index is -0.669. The molecular formula is C11H12FNO3. The lowest BCUT2D eigenvalue weighted by Crippen LogP contribution is -2.38. The van der Waals surface area contributed by atoms with Gasteiger partial charge in [-0.1, -0.05) is 0 Å². The molecule has 1 heterocycles. The summed E-state index contributed by atoms with van der Waals surface area (Å²) < 4.78 is 23.1. The van der Waals surface area contributed by atoms with Gasteiger partial charge in [0.2, 0.25) is 6.10 Å². The van der Waals surface area contributed by atoms with Crippen molar-refractivity contribution in [2.45, 2.75) is 13.0 Å². The van der Waals surface area contributed by atoms with Crippen molar-refractivity contribution < 1.29 is 18.7 Å². The van der Waals surface area contributed by atoms with Gasteiger partial charge in [0.1, 0.15) is 11.6 Å². The van der Waals surface area contributed by atoms with Gasteiger partial charge in [0, 0.05) is 6.07 Å². The highest BCUT2D eigenvalue weighted by Gasteiger charge is 2.26. The Kier molecular flexibility index (Phi) is 2.94. The monoisotopic (exact) mass is 225 g/mol. The molecule has 0 spiro atoms. The molecular weight excluding hydrogens is 213 g/mol. The summed E-state index contributed by atoms with van der Waals surface area (Å²) in [5.41, 5.74) is 0.556. The van der Waals surface area contributed by atoms with E-state index in [0.29, 0.717) is 18.0 Å². The quantitative estimate of drug-likeness (QED) is 0.776. The summed E-state index contributed by atoms with van der Waals surface area (Å²) in [6, 6.07) is 4.10. The van der Waals surface area contributed by atoms with Gasteiger partial charge < -0.3 is 14.8 Å². The zero-order valence-electron chi connectivity index (χ0n) is 8.83. The van der Waals surface area contributed by atoms with Gasteiger partial charge in [-0.05, 0) is 19.1 Å². The molecule has 1 aromatic carbocycles. The van der Waals surface area contributed by atoms with Crippen molar-refractivity contribution in [3.05, 3.63) is 24.0 Å². The molecule has 1 N–H and O–H groups in total. The number of carbonyl (C=O) groups is 1. The molecule has 86 valence electrons. The Balaban J connectivity index is 2.12. The number of hydrogen-bond donors (Lipinski definition) is 1. The van der Waals surface area contributed by atoms with Gasteiger partial charge in [0.25, 0.3) is 0 Å². The van der Waals surface area contributed by atoms with Crippen molar-refractivity contribution in [1.82, 2.24) is 0 Å². The summed E-state index contributed by atoms with van der Waals surface area (Å²) in [5, 5.41) is 2.93. The first-order chi connectivity index (χ1) is 7.70. The molecule has 0 aromatic heterocycles. The molecule has 0 radical (unpaired) electrons. The Morgan fingerprint density at radius 1 is 1.69 bits per heavy atom. The normalized spacial score (nSPS) is 18.0. The van der Waals surface area contributed by atoms with Gasteiger partial charge in [-0.3, -0.25) is 0 Å². The van der Waals surface area contributed by atoms with E-state index in [9.17, 15) is 9.18 Å². The molecule has 0 aliphatic carbocycles. The number of benzene rings is 1. The van der Waals surface area contributed by atoms with E-state index < -0.39 is 12.1 Å². The van der Waals surface area contributed by atoms with Crippen LogP contribution in [0.5, 0.6) is 5.75 Å². The fourth-order valence-corrected chi connectivity index (χ4v) is 1.51. The molecule has 5 heteroatoms. The molecule has 0 unspecified atom stereocenters. The lowest BCUT2D eigenvalue weighted by molar-refractivity contribution is -0.150. The van der Waals surface area contributed by atoms with E-state index in [1.807, 2.05) is 0 Å². The van der Waals surface area contributed by atoms with E-state index in [-0.39, 0.29) is 12.4 Å². The van der Waals surface area contributed by atoms with E-state index in [1.165, 1.54) is 18.2 Å². The minimum Gasteiger partial charge on any atom is -0.475 e. The van der Waals surface area contributed by atoms with Crippen molar-refractivity contribution in [3.8, 4) is 5.75 Å². The van der Waals surface area contributed by atoms with Crippen molar-refractivity contribution in [3.63, 3.8) is 0 Å². The maximum atomic E-state index is 12.9. The van der Waals surface area contributed by atoms with Gasteiger partial charge in [-0.25, -0.2) is 9.18 Å². The lowest BCUT2D eigenvalue weighted by Gasteiger charge is -2.25. The maximum Gasteiger partial charge on any atom is 0.349 e. The average molecular weight is 225 g/mol. The Morgan fingerprint density at radius 3 is 3.25 bits per heavy atom. The molecule has 0 fully saturated rings. The number of anilines is 1. The summed E-state index contributed by atoms with van der Waals surface area (Å²) in [6.07, 6.45) is -0.669. The van der Waals surface area contributed by atoms with Crippen LogP contribution >= 0.6 is 0 Å². The first-order valence-corrected chi connectivity index (χ1v) is 5.07. The first kappa shape index (κ1) is 10.7. The van der Waals surface area contributed by atoms with Crippen molar-refractivity contribution in [1.29, 1.82) is 0 Å². The average Bonchev–Trinajstić information content (AvgIpc) is 2.28. The Hall–Kier alpha value is -1.78. The van der Waals surface area contributed by atoms with Crippen LogP contribution in [0, 0.1) is 5.82 Å². The van der Waals surface area contributed by atoms with E-state index in [0.717, 1.165) is 0 Å². The van der Waals surface area contributed by atoms with Gasteiger partial charge in [-0.15, -0.1) is 0 Å². The van der Waals surface area contributed by atoms with E-state index in [4.69, 9.17) is 9.47 Å². The second kappa shape index (κ2) is 4.38. The number of ether oxygens (including phenoxy) is 2. The van der Waals surface area contributed by atoms with Gasteiger partial charge in [0.05, 0.1) is 18.8 Å². The standard InChI is InChI=1S/C11H12FNO3/c1-2-15-11(14)10-6-13-8-5-7(12)3-4-9(8)16-10/h3-5,10,13H,2,6H2,1H3/t10-/m1/s1. The Labute approximate surface area is 92.4 Å². The van der Waals surface area contributed by atoms with E-state index >= 15 is 0 Å². The van der Waals surface area contributed by atoms with Crippen LogP contribution in [-0.2, 0) is 9.53 Å². The van der Waals surface area contributed by atoms with Crippen LogP contribution in [0.15, 0.2) is 18.2 Å². The molecule has 2 rings (SSSR count). The number of carbonyl (C=O) groups excluding carboxylic acids is 1. The topological polar surface area (TPSA) is 47.6 Å². The number of nitrogens with one attached hydrogen (secondary N) is 1. The molecule has 1 aliphatic heterocycles. The molecule has 1 aromatic rings. The second-order valence-electron chi connectivity index (χ2n) is 3.38. The molecule has 4 nitrogen and oxygen atoms in total. The third-order valence-corrected chi connectivity index (χ3v) is 2.24. The third kappa shape index (κ3) is 2.08. The Bertz CT molecular complexity index is 408. The summed E-state index contributed by atoms with van der Waals surface area (Å²) in [4.78, 5) is 11.4. The number of rotatable bonds is 2. The molecule has 0 amide bonds. The van der Waals surface area contributed by atoms with Crippen molar-refractivity contribution >= 4 is 11.7 Å². The predicted molar refractivity (Wildman–Crippen MR) is 55.9 cm³/mol. The highest BCUT2D eigenvalue weighted by atomic mass is 19.1. The highest BCUT2D eigenvalue weighted by molar-refractivity contribution is 5.77. The SMILES string of the molecule is CCOC(=O)[C@H]1CNc2cc(F)ccc2O1. The minimum absolute atomic E-state index is 0.287. The summed E-state index contributed by atoms with van der Waals surface area (Å²) in [7, 11) is 0. The summed E-state index contributed by atoms with van der Waals surface area (Å²) >= 11 is 0. The van der Waals surface area contributed by atoms with E-state index in [1.54, 1.807) is 6.92 Å². The predicted octanol–water partition coefficient (Wildman–Crippen LogP) is 1.56. The summed E-state index contributed by atoms with van der Waals surface area (Å²) in [5.74, 6) is -0.292. The van der Waals surface area contributed by atoms with Crippen LogP contribution < -0.4 is 10.1 Å². The second-order valence-corrected chi connectivity index (χ2v) is 3.38. The Morgan fingerprint density at radius 2 is 2.50 bits per heavy atom. The van der Waals surface area contributed by atoms with Crippen molar-refractivity contribution in [2.75, 3.05) is 18.5 Å². The van der Waals surface area contributed by atoms with Gasteiger partial charge >= 0.3 is 5.97 Å². The van der Waals surface area contributed by atoms with Crippen LogP contribution in [-0.4, -0.2) is 25.2 Å². The zero-order valence-corrected chi connectivity index (χ0v) is 8.83. The zero-order chi connectivity index (χ0) is 11.5. The van der Waals surface area contributed by atoms with Crippen LogP contribution in [0.3, 0.4) is 0 Å². The fraction of sp³-hybridized carbons (Fsp3) is 0.364. The lowest BCUT2D eigenvalue weighted by atomic mass is 10.2.